The van der Waals surface area contributed by atoms with E-state index < -0.39 is 0 Å². The Bertz CT molecular complexity index is 1240. The monoisotopic (exact) mass is 394 g/mol. The van der Waals surface area contributed by atoms with Gasteiger partial charge in [-0.2, -0.15) is 4.57 Å². The van der Waals surface area contributed by atoms with Crippen LogP contribution < -0.4 is 4.57 Å². The molecule has 30 heavy (non-hydrogen) atoms. The van der Waals surface area contributed by atoms with Crippen molar-refractivity contribution in [3.8, 4) is 22.4 Å². The second-order valence-corrected chi connectivity index (χ2v) is 9.05. The minimum absolute atomic E-state index is 0.465. The minimum Gasteiger partial charge on any atom is -0.194 e. The van der Waals surface area contributed by atoms with Gasteiger partial charge in [0.25, 0.3) is 0 Å². The SMILES string of the molecule is Cc1ccc(-c2cc(C(C)C)c3ccc(-c4cc(C)cc(C)c4C)[n+](C)c3c2)cc1. The first-order valence-electron chi connectivity index (χ1n) is 10.9. The summed E-state index contributed by atoms with van der Waals surface area (Å²) in [4.78, 5) is 0. The molecule has 152 valence electrons. The molecule has 0 radical (unpaired) electrons. The molecule has 0 aliphatic rings. The highest BCUT2D eigenvalue weighted by Gasteiger charge is 2.20. The van der Waals surface area contributed by atoms with Gasteiger partial charge in [-0.05, 0) is 79.6 Å². The van der Waals surface area contributed by atoms with E-state index in [4.69, 9.17) is 0 Å². The second-order valence-electron chi connectivity index (χ2n) is 9.05. The van der Waals surface area contributed by atoms with Crippen molar-refractivity contribution >= 4 is 10.9 Å². The van der Waals surface area contributed by atoms with Crippen molar-refractivity contribution < 1.29 is 4.57 Å². The van der Waals surface area contributed by atoms with E-state index in [1.807, 2.05) is 0 Å². The van der Waals surface area contributed by atoms with Gasteiger partial charge < -0.3 is 0 Å². The highest BCUT2D eigenvalue weighted by atomic mass is 14.9. The maximum atomic E-state index is 2.38. The lowest BCUT2D eigenvalue weighted by atomic mass is 9.91. The van der Waals surface area contributed by atoms with Crippen LogP contribution >= 0.6 is 0 Å². The summed E-state index contributed by atoms with van der Waals surface area (Å²) in [7, 11) is 2.21. The van der Waals surface area contributed by atoms with Gasteiger partial charge in [0.1, 0.15) is 7.05 Å². The van der Waals surface area contributed by atoms with E-state index in [1.54, 1.807) is 0 Å². The fraction of sp³-hybridized carbons (Fsp3) is 0.276. The molecule has 1 aromatic heterocycles. The molecule has 1 heterocycles. The molecular weight excluding hydrogens is 362 g/mol. The van der Waals surface area contributed by atoms with Gasteiger partial charge in [0.15, 0.2) is 0 Å². The van der Waals surface area contributed by atoms with E-state index in [1.165, 1.54) is 61.1 Å². The van der Waals surface area contributed by atoms with Gasteiger partial charge in [-0.25, -0.2) is 0 Å². The first kappa shape index (κ1) is 20.3. The zero-order valence-electron chi connectivity index (χ0n) is 19.3. The second kappa shape index (κ2) is 7.72. The lowest BCUT2D eigenvalue weighted by molar-refractivity contribution is -0.633. The summed E-state index contributed by atoms with van der Waals surface area (Å²) in [5, 5.41) is 1.34. The molecule has 0 spiro atoms. The third-order valence-corrected chi connectivity index (χ3v) is 6.42. The van der Waals surface area contributed by atoms with Crippen molar-refractivity contribution in [3.63, 3.8) is 0 Å². The number of aryl methyl sites for hydroxylation is 4. The van der Waals surface area contributed by atoms with E-state index >= 15 is 0 Å². The average molecular weight is 395 g/mol. The molecule has 0 amide bonds. The van der Waals surface area contributed by atoms with Gasteiger partial charge in [0, 0.05) is 23.1 Å². The predicted molar refractivity (Wildman–Crippen MR) is 129 cm³/mol. The lowest BCUT2D eigenvalue weighted by Gasteiger charge is -2.15. The number of nitrogens with zero attached hydrogens (tertiary/aromatic N) is 1. The van der Waals surface area contributed by atoms with Crippen LogP contribution in [0.2, 0.25) is 0 Å². The van der Waals surface area contributed by atoms with Crippen LogP contribution in [0.25, 0.3) is 33.3 Å². The zero-order chi connectivity index (χ0) is 21.6. The molecule has 0 saturated heterocycles. The summed E-state index contributed by atoms with van der Waals surface area (Å²) in [6.45, 7) is 13.3. The van der Waals surface area contributed by atoms with Crippen LogP contribution in [0.3, 0.4) is 0 Å². The molecule has 0 aliphatic carbocycles. The van der Waals surface area contributed by atoms with Gasteiger partial charge in [-0.15, -0.1) is 0 Å². The Labute approximate surface area is 181 Å². The Balaban J connectivity index is 2.02. The minimum atomic E-state index is 0.465. The molecule has 1 nitrogen and oxygen atoms in total. The lowest BCUT2D eigenvalue weighted by Crippen LogP contribution is -2.32. The van der Waals surface area contributed by atoms with E-state index in [0.717, 1.165) is 0 Å². The topological polar surface area (TPSA) is 3.88 Å². The Kier molecular flexibility index (Phi) is 5.24. The average Bonchev–Trinajstić information content (AvgIpc) is 2.71. The molecule has 0 N–H and O–H groups in total. The molecule has 0 bridgehead atoms. The Morgan fingerprint density at radius 2 is 1.40 bits per heavy atom. The smallest absolute Gasteiger partial charge is 0.194 e. The summed E-state index contributed by atoms with van der Waals surface area (Å²) in [6.07, 6.45) is 0. The van der Waals surface area contributed by atoms with E-state index in [9.17, 15) is 0 Å². The van der Waals surface area contributed by atoms with Gasteiger partial charge >= 0.3 is 0 Å². The van der Waals surface area contributed by atoms with Crippen molar-refractivity contribution in [2.24, 2.45) is 7.05 Å². The zero-order valence-corrected chi connectivity index (χ0v) is 19.3. The van der Waals surface area contributed by atoms with E-state index in [0.29, 0.717) is 5.92 Å². The number of benzene rings is 3. The molecule has 0 atom stereocenters. The predicted octanol–water partition coefficient (Wildman–Crippen LogP) is 7.36. The largest absolute Gasteiger partial charge is 0.213 e. The van der Waals surface area contributed by atoms with Gasteiger partial charge in [-0.1, -0.05) is 55.3 Å². The number of fused-ring (bicyclic) bond motifs is 1. The van der Waals surface area contributed by atoms with Crippen molar-refractivity contribution in [3.05, 3.63) is 88.5 Å². The summed E-state index contributed by atoms with van der Waals surface area (Å²) >= 11 is 0. The molecule has 4 rings (SSSR count). The van der Waals surface area contributed by atoms with Crippen molar-refractivity contribution in [1.82, 2.24) is 0 Å². The number of hydrogen-bond donors (Lipinski definition) is 0. The van der Waals surface area contributed by atoms with Crippen molar-refractivity contribution in [2.45, 2.75) is 47.5 Å². The number of hydrogen-bond acceptors (Lipinski definition) is 0. The van der Waals surface area contributed by atoms with E-state index in [2.05, 4.69) is 114 Å². The number of aromatic nitrogens is 1. The number of pyridine rings is 1. The van der Waals surface area contributed by atoms with Crippen LogP contribution in [0, 0.1) is 27.7 Å². The molecule has 3 aromatic carbocycles. The molecule has 0 unspecified atom stereocenters. The maximum Gasteiger partial charge on any atom is 0.213 e. The van der Waals surface area contributed by atoms with Crippen LogP contribution in [0.4, 0.5) is 0 Å². The van der Waals surface area contributed by atoms with E-state index in [-0.39, 0.29) is 0 Å². The third-order valence-electron chi connectivity index (χ3n) is 6.42. The molecule has 0 saturated carbocycles. The fourth-order valence-corrected chi connectivity index (χ4v) is 4.49. The normalized spacial score (nSPS) is 11.5. The maximum absolute atomic E-state index is 2.38. The first-order chi connectivity index (χ1) is 14.3. The Hall–Kier alpha value is -2.93. The first-order valence-corrected chi connectivity index (χ1v) is 10.9. The van der Waals surface area contributed by atoms with Crippen molar-refractivity contribution in [2.75, 3.05) is 0 Å². The summed E-state index contributed by atoms with van der Waals surface area (Å²) in [5.74, 6) is 0.465. The van der Waals surface area contributed by atoms with Crippen LogP contribution in [-0.4, -0.2) is 0 Å². The molecule has 0 aliphatic heterocycles. The number of rotatable bonds is 3. The molecule has 4 aromatic rings. The standard InChI is InChI=1S/C29H32N/c1-18(2)26-16-24(23-10-8-19(3)9-11-23)17-29-25(26)12-13-28(30(29)7)27-15-20(4)14-21(5)22(27)6/h8-18H,1-7H3/q+1. The summed E-state index contributed by atoms with van der Waals surface area (Å²) < 4.78 is 2.38. The van der Waals surface area contributed by atoms with Gasteiger partial charge in [0.05, 0.1) is 0 Å². The molecule has 0 fully saturated rings. The van der Waals surface area contributed by atoms with Crippen molar-refractivity contribution in [1.29, 1.82) is 0 Å². The summed E-state index contributed by atoms with van der Waals surface area (Å²) in [6, 6.07) is 22.8. The van der Waals surface area contributed by atoms with Crippen LogP contribution in [-0.2, 0) is 7.05 Å². The molecular formula is C29H32N+. The highest BCUT2D eigenvalue weighted by molar-refractivity contribution is 5.87. The fourth-order valence-electron chi connectivity index (χ4n) is 4.49. The molecule has 1 heteroatoms. The quantitative estimate of drug-likeness (QED) is 0.320. The Morgan fingerprint density at radius 1 is 0.700 bits per heavy atom. The van der Waals surface area contributed by atoms with Crippen LogP contribution in [0.1, 0.15) is 47.6 Å². The summed E-state index contributed by atoms with van der Waals surface area (Å²) in [5.41, 5.74) is 13.1. The van der Waals surface area contributed by atoms with Crippen LogP contribution in [0.5, 0.6) is 0 Å². The third kappa shape index (κ3) is 3.54. The highest BCUT2D eigenvalue weighted by Crippen LogP contribution is 2.33. The van der Waals surface area contributed by atoms with Crippen LogP contribution in [0.15, 0.2) is 60.7 Å². The Morgan fingerprint density at radius 3 is 2.07 bits per heavy atom. The van der Waals surface area contributed by atoms with Gasteiger partial charge in [0.2, 0.25) is 11.2 Å². The van der Waals surface area contributed by atoms with Gasteiger partial charge in [-0.3, -0.25) is 0 Å².